The summed E-state index contributed by atoms with van der Waals surface area (Å²) >= 11 is 0. The van der Waals surface area contributed by atoms with Crippen molar-refractivity contribution in [3.63, 3.8) is 0 Å². The first-order valence-electron chi connectivity index (χ1n) is 5.69. The second-order valence-electron chi connectivity index (χ2n) is 4.08. The third-order valence-corrected chi connectivity index (χ3v) is 4.12. The lowest BCUT2D eigenvalue weighted by molar-refractivity contribution is 0.553. The Hall–Kier alpha value is -1.93. The first-order chi connectivity index (χ1) is 8.99. The van der Waals surface area contributed by atoms with Crippen LogP contribution in [0.3, 0.4) is 0 Å². The minimum atomic E-state index is -3.52. The van der Waals surface area contributed by atoms with E-state index in [-0.39, 0.29) is 11.4 Å². The van der Waals surface area contributed by atoms with Crippen molar-refractivity contribution in [3.05, 3.63) is 36.2 Å². The van der Waals surface area contributed by atoms with Crippen molar-refractivity contribution < 1.29 is 8.42 Å². The summed E-state index contributed by atoms with van der Waals surface area (Å²) in [5.41, 5.74) is 6.97. The Morgan fingerprint density at radius 3 is 2.84 bits per heavy atom. The third kappa shape index (κ3) is 3.30. The highest BCUT2D eigenvalue weighted by Crippen LogP contribution is 2.16. The fourth-order valence-electron chi connectivity index (χ4n) is 1.55. The average molecular weight is 281 g/mol. The van der Waals surface area contributed by atoms with Gasteiger partial charge in [0, 0.05) is 18.4 Å². The Balaban J connectivity index is 2.03. The average Bonchev–Trinajstić information content (AvgIpc) is 2.85. The molecule has 102 valence electrons. The van der Waals surface area contributed by atoms with E-state index in [9.17, 15) is 8.42 Å². The molecule has 1 heterocycles. The number of rotatable bonds is 5. The van der Waals surface area contributed by atoms with Crippen LogP contribution in [0.2, 0.25) is 0 Å². The summed E-state index contributed by atoms with van der Waals surface area (Å²) in [6.07, 6.45) is 3.21. The number of nitrogen functional groups attached to an aromatic ring is 1. The maximum absolute atomic E-state index is 12.0. The molecule has 0 atom stereocenters. The van der Waals surface area contributed by atoms with Gasteiger partial charge in [0.25, 0.3) is 0 Å². The van der Waals surface area contributed by atoms with Crippen molar-refractivity contribution >= 4 is 15.7 Å². The molecular formula is C11H15N5O2S. The molecule has 0 fully saturated rings. The van der Waals surface area contributed by atoms with Gasteiger partial charge in [0.15, 0.2) is 0 Å². The molecule has 1 aromatic heterocycles. The second kappa shape index (κ2) is 5.37. The quantitative estimate of drug-likeness (QED) is 0.759. The first-order valence-corrected chi connectivity index (χ1v) is 7.17. The molecule has 2 aromatic rings. The van der Waals surface area contributed by atoms with Crippen molar-refractivity contribution in [2.45, 2.75) is 18.4 Å². The Labute approximate surface area is 111 Å². The number of nitrogens with zero attached hydrogens (tertiary/aromatic N) is 3. The fourth-order valence-corrected chi connectivity index (χ4v) is 2.65. The zero-order valence-electron chi connectivity index (χ0n) is 10.4. The van der Waals surface area contributed by atoms with E-state index in [0.717, 1.165) is 5.56 Å². The third-order valence-electron chi connectivity index (χ3n) is 2.66. The van der Waals surface area contributed by atoms with Crippen molar-refractivity contribution in [1.29, 1.82) is 0 Å². The lowest BCUT2D eigenvalue weighted by Gasteiger charge is -2.08. The predicted octanol–water partition coefficient (Wildman–Crippen LogP) is 0.147. The van der Waals surface area contributed by atoms with Crippen LogP contribution in [0.4, 0.5) is 5.69 Å². The normalized spacial score (nSPS) is 11.6. The molecule has 0 saturated heterocycles. The van der Waals surface area contributed by atoms with Gasteiger partial charge < -0.3 is 5.73 Å². The van der Waals surface area contributed by atoms with Crippen LogP contribution in [0.5, 0.6) is 0 Å². The highest BCUT2D eigenvalue weighted by Gasteiger charge is 2.14. The highest BCUT2D eigenvalue weighted by molar-refractivity contribution is 7.89. The maximum Gasteiger partial charge on any atom is 0.240 e. The van der Waals surface area contributed by atoms with Gasteiger partial charge in [0.1, 0.15) is 0 Å². The van der Waals surface area contributed by atoms with Crippen LogP contribution < -0.4 is 10.5 Å². The van der Waals surface area contributed by atoms with Crippen LogP contribution in [0.1, 0.15) is 5.56 Å². The molecule has 0 amide bonds. The Morgan fingerprint density at radius 1 is 1.42 bits per heavy atom. The number of sulfonamides is 1. The maximum atomic E-state index is 12.0. The molecule has 0 radical (unpaired) electrons. The van der Waals surface area contributed by atoms with E-state index in [0.29, 0.717) is 12.2 Å². The van der Waals surface area contributed by atoms with Crippen molar-refractivity contribution in [2.24, 2.45) is 0 Å². The molecule has 0 saturated carbocycles. The standard InChI is InChI=1S/C11H15N5O2S/c1-9-8-10(2-3-11(9)12)19(17,18)14-5-7-16-6-4-13-15-16/h2-4,6,8,14H,5,7,12H2,1H3. The number of nitrogens with two attached hydrogens (primary N) is 1. The Bertz CT molecular complexity index is 652. The van der Waals surface area contributed by atoms with E-state index in [1.54, 1.807) is 29.9 Å². The number of hydrogen-bond donors (Lipinski definition) is 2. The lowest BCUT2D eigenvalue weighted by Crippen LogP contribution is -2.27. The summed E-state index contributed by atoms with van der Waals surface area (Å²) in [4.78, 5) is 0.206. The summed E-state index contributed by atoms with van der Waals surface area (Å²) < 4.78 is 28.1. The van der Waals surface area contributed by atoms with Gasteiger partial charge in [-0.1, -0.05) is 5.21 Å². The molecule has 1 aromatic carbocycles. The minimum absolute atomic E-state index is 0.206. The molecule has 0 aliphatic rings. The van der Waals surface area contributed by atoms with Crippen LogP contribution in [0.25, 0.3) is 0 Å². The predicted molar refractivity (Wildman–Crippen MR) is 70.8 cm³/mol. The first kappa shape index (κ1) is 13.5. The van der Waals surface area contributed by atoms with Gasteiger partial charge in [-0.05, 0) is 30.7 Å². The van der Waals surface area contributed by atoms with Crippen molar-refractivity contribution in [1.82, 2.24) is 19.7 Å². The van der Waals surface area contributed by atoms with E-state index in [1.165, 1.54) is 12.3 Å². The molecular weight excluding hydrogens is 266 g/mol. The van der Waals surface area contributed by atoms with Gasteiger partial charge in [0.2, 0.25) is 10.0 Å². The molecule has 0 spiro atoms. The van der Waals surface area contributed by atoms with Crippen LogP contribution in [0, 0.1) is 6.92 Å². The summed E-state index contributed by atoms with van der Waals surface area (Å²) in [5, 5.41) is 7.39. The number of aryl methyl sites for hydroxylation is 1. The molecule has 0 aliphatic heterocycles. The molecule has 3 N–H and O–H groups in total. The van der Waals surface area contributed by atoms with E-state index in [4.69, 9.17) is 5.73 Å². The van der Waals surface area contributed by atoms with E-state index >= 15 is 0 Å². The van der Waals surface area contributed by atoms with E-state index < -0.39 is 10.0 Å². The van der Waals surface area contributed by atoms with Gasteiger partial charge in [-0.25, -0.2) is 13.1 Å². The zero-order chi connectivity index (χ0) is 13.9. The summed E-state index contributed by atoms with van der Waals surface area (Å²) in [6.45, 7) is 2.44. The Morgan fingerprint density at radius 2 is 2.21 bits per heavy atom. The molecule has 19 heavy (non-hydrogen) atoms. The van der Waals surface area contributed by atoms with Crippen LogP contribution in [0.15, 0.2) is 35.5 Å². The van der Waals surface area contributed by atoms with Crippen LogP contribution in [-0.4, -0.2) is 30.0 Å². The highest BCUT2D eigenvalue weighted by atomic mass is 32.2. The van der Waals surface area contributed by atoms with Crippen molar-refractivity contribution in [2.75, 3.05) is 12.3 Å². The number of hydrogen-bond acceptors (Lipinski definition) is 5. The van der Waals surface area contributed by atoms with Gasteiger partial charge in [-0.3, -0.25) is 4.68 Å². The number of aromatic nitrogens is 3. The Kier molecular flexibility index (Phi) is 3.82. The lowest BCUT2D eigenvalue weighted by atomic mass is 10.2. The van der Waals surface area contributed by atoms with Gasteiger partial charge in [0.05, 0.1) is 17.6 Å². The SMILES string of the molecule is Cc1cc(S(=O)(=O)NCCn2ccnn2)ccc1N. The van der Waals surface area contributed by atoms with Gasteiger partial charge in [-0.15, -0.1) is 5.10 Å². The second-order valence-corrected chi connectivity index (χ2v) is 5.85. The van der Waals surface area contributed by atoms with Crippen LogP contribution >= 0.6 is 0 Å². The molecule has 0 unspecified atom stereocenters. The monoisotopic (exact) mass is 281 g/mol. The fraction of sp³-hybridized carbons (Fsp3) is 0.273. The van der Waals surface area contributed by atoms with Gasteiger partial charge >= 0.3 is 0 Å². The number of nitrogens with one attached hydrogen (secondary N) is 1. The number of anilines is 1. The molecule has 0 bridgehead atoms. The van der Waals surface area contributed by atoms with E-state index in [2.05, 4.69) is 15.0 Å². The largest absolute Gasteiger partial charge is 0.399 e. The summed E-state index contributed by atoms with van der Waals surface area (Å²) in [6, 6.07) is 4.62. The molecule has 2 rings (SSSR count). The number of benzene rings is 1. The van der Waals surface area contributed by atoms with Crippen LogP contribution in [-0.2, 0) is 16.6 Å². The summed E-state index contributed by atoms with van der Waals surface area (Å²) in [5.74, 6) is 0. The molecule has 7 nitrogen and oxygen atoms in total. The smallest absolute Gasteiger partial charge is 0.240 e. The zero-order valence-corrected chi connectivity index (χ0v) is 11.3. The van der Waals surface area contributed by atoms with E-state index in [1.807, 2.05) is 0 Å². The minimum Gasteiger partial charge on any atom is -0.399 e. The topological polar surface area (TPSA) is 103 Å². The van der Waals surface area contributed by atoms with Crippen molar-refractivity contribution in [3.8, 4) is 0 Å². The summed E-state index contributed by atoms with van der Waals surface area (Å²) in [7, 11) is -3.52. The molecule has 8 heteroatoms. The molecule has 0 aliphatic carbocycles. The van der Waals surface area contributed by atoms with Gasteiger partial charge in [-0.2, -0.15) is 0 Å².